The Morgan fingerprint density at radius 1 is 0.692 bits per heavy atom. The topological polar surface area (TPSA) is 98.7 Å². The van der Waals surface area contributed by atoms with Gasteiger partial charge in [0.25, 0.3) is 11.8 Å². The molecule has 138 valence electrons. The van der Waals surface area contributed by atoms with E-state index in [1.165, 1.54) is 0 Å². The Kier molecular flexibility index (Phi) is 6.89. The number of hydrogen-bond acceptors (Lipinski definition) is 4. The van der Waals surface area contributed by atoms with Gasteiger partial charge in [-0.1, -0.05) is 60.7 Å². The molecule has 2 amide bonds. The number of carbonyl (C=O) groups excluding carboxylic acids is 2. The van der Waals surface area contributed by atoms with Crippen LogP contribution in [0, 0.1) is 0 Å². The largest absolute Gasteiger partial charge is 0.380 e. The molecule has 0 aliphatic carbocycles. The molecule has 0 saturated heterocycles. The summed E-state index contributed by atoms with van der Waals surface area (Å²) >= 11 is 0. The maximum atomic E-state index is 12.1. The predicted molar refractivity (Wildman–Crippen MR) is 98.0 cm³/mol. The molecule has 26 heavy (non-hydrogen) atoms. The van der Waals surface area contributed by atoms with Gasteiger partial charge in [-0.2, -0.15) is 0 Å². The molecule has 0 saturated carbocycles. The lowest BCUT2D eigenvalue weighted by Crippen LogP contribution is -2.50. The van der Waals surface area contributed by atoms with Crippen molar-refractivity contribution >= 4 is 11.8 Å². The molecule has 0 bridgehead atoms. The Bertz CT molecular complexity index is 658. The Labute approximate surface area is 152 Å². The first-order valence-electron chi connectivity index (χ1n) is 8.47. The second-order valence-corrected chi connectivity index (χ2v) is 6.17. The van der Waals surface area contributed by atoms with Crippen molar-refractivity contribution in [1.82, 2.24) is 10.6 Å². The monoisotopic (exact) mass is 356 g/mol. The van der Waals surface area contributed by atoms with Gasteiger partial charge in [-0.25, -0.2) is 0 Å². The van der Waals surface area contributed by atoms with Gasteiger partial charge in [0.15, 0.2) is 12.2 Å². The molecule has 4 N–H and O–H groups in total. The molecule has 6 heteroatoms. The van der Waals surface area contributed by atoms with E-state index in [9.17, 15) is 19.8 Å². The van der Waals surface area contributed by atoms with Gasteiger partial charge in [0.05, 0.1) is 12.1 Å². The molecule has 0 heterocycles. The molecule has 2 aromatic carbocycles. The fourth-order valence-corrected chi connectivity index (χ4v) is 2.53. The average Bonchev–Trinajstić information content (AvgIpc) is 2.67. The zero-order chi connectivity index (χ0) is 19.1. The summed E-state index contributed by atoms with van der Waals surface area (Å²) in [4.78, 5) is 24.3. The second-order valence-electron chi connectivity index (χ2n) is 6.17. The van der Waals surface area contributed by atoms with E-state index in [0.717, 1.165) is 11.1 Å². The highest BCUT2D eigenvalue weighted by molar-refractivity contribution is 5.91. The van der Waals surface area contributed by atoms with Crippen molar-refractivity contribution in [1.29, 1.82) is 0 Å². The Morgan fingerprint density at radius 3 is 1.31 bits per heavy atom. The van der Waals surface area contributed by atoms with E-state index in [1.807, 2.05) is 60.7 Å². The number of hydrogen-bond donors (Lipinski definition) is 4. The van der Waals surface area contributed by atoms with Crippen LogP contribution in [0.5, 0.6) is 0 Å². The van der Waals surface area contributed by atoms with Crippen LogP contribution in [0.25, 0.3) is 0 Å². The van der Waals surface area contributed by atoms with Crippen molar-refractivity contribution in [3.8, 4) is 0 Å². The van der Waals surface area contributed by atoms with Gasteiger partial charge in [0.2, 0.25) is 0 Å². The number of carbonyl (C=O) groups is 2. The molecule has 6 nitrogen and oxygen atoms in total. The number of amides is 2. The first-order valence-corrected chi connectivity index (χ1v) is 8.47. The minimum atomic E-state index is -1.86. The molecule has 0 aromatic heterocycles. The van der Waals surface area contributed by atoms with Crippen LogP contribution in [0.3, 0.4) is 0 Å². The van der Waals surface area contributed by atoms with Crippen molar-refractivity contribution in [2.24, 2.45) is 0 Å². The molecule has 2 aromatic rings. The van der Waals surface area contributed by atoms with Crippen LogP contribution in [-0.4, -0.2) is 34.2 Å². The third kappa shape index (κ3) is 5.15. The van der Waals surface area contributed by atoms with Crippen LogP contribution in [-0.2, 0) is 9.59 Å². The van der Waals surface area contributed by atoms with E-state index in [2.05, 4.69) is 10.6 Å². The molecule has 0 radical (unpaired) electrons. The van der Waals surface area contributed by atoms with E-state index in [-0.39, 0.29) is 12.1 Å². The summed E-state index contributed by atoms with van der Waals surface area (Å²) in [5, 5.41) is 25.2. The first kappa shape index (κ1) is 19.6. The summed E-state index contributed by atoms with van der Waals surface area (Å²) in [7, 11) is 0. The maximum Gasteiger partial charge on any atom is 0.252 e. The quantitative estimate of drug-likeness (QED) is 0.604. The van der Waals surface area contributed by atoms with Gasteiger partial charge in [-0.05, 0) is 25.0 Å². The van der Waals surface area contributed by atoms with Crippen molar-refractivity contribution in [2.75, 3.05) is 0 Å². The Morgan fingerprint density at radius 2 is 1.00 bits per heavy atom. The van der Waals surface area contributed by atoms with Gasteiger partial charge in [-0.15, -0.1) is 0 Å². The SMILES string of the molecule is CC(NC(=O)[C@H](O)[C@@H](O)C(=O)NC(C)c1ccccc1)c1ccccc1. The molecule has 2 unspecified atom stereocenters. The lowest BCUT2D eigenvalue weighted by atomic mass is 10.1. The highest BCUT2D eigenvalue weighted by atomic mass is 16.3. The zero-order valence-corrected chi connectivity index (χ0v) is 14.8. The minimum Gasteiger partial charge on any atom is -0.380 e. The number of nitrogens with one attached hydrogen (secondary N) is 2. The summed E-state index contributed by atoms with van der Waals surface area (Å²) in [6.45, 7) is 3.51. The van der Waals surface area contributed by atoms with Gasteiger partial charge in [-0.3, -0.25) is 9.59 Å². The van der Waals surface area contributed by atoms with E-state index in [1.54, 1.807) is 13.8 Å². The normalized spacial score (nSPS) is 15.4. The minimum absolute atomic E-state index is 0.364. The standard InChI is InChI=1S/C20H24N2O4/c1-13(15-9-5-3-6-10-15)21-19(25)17(23)18(24)20(26)22-14(2)16-11-7-4-8-12-16/h3-14,17-18,23-24H,1-2H3,(H,21,25)(H,22,26)/t13?,14?,17-,18-/m1/s1. The van der Waals surface area contributed by atoms with Crippen LogP contribution < -0.4 is 10.6 Å². The summed E-state index contributed by atoms with van der Waals surface area (Å²) in [5.41, 5.74) is 1.70. The lowest BCUT2D eigenvalue weighted by Gasteiger charge is -2.22. The summed E-state index contributed by atoms with van der Waals surface area (Å²) in [6.07, 6.45) is -3.71. The van der Waals surface area contributed by atoms with Crippen LogP contribution in [0.4, 0.5) is 0 Å². The maximum absolute atomic E-state index is 12.1. The van der Waals surface area contributed by atoms with E-state index in [0.29, 0.717) is 0 Å². The van der Waals surface area contributed by atoms with Gasteiger partial charge < -0.3 is 20.8 Å². The highest BCUT2D eigenvalue weighted by Gasteiger charge is 2.31. The average molecular weight is 356 g/mol. The molecular formula is C20H24N2O4. The van der Waals surface area contributed by atoms with Gasteiger partial charge in [0, 0.05) is 0 Å². The number of aliphatic hydroxyl groups excluding tert-OH is 2. The van der Waals surface area contributed by atoms with Crippen molar-refractivity contribution in [3.63, 3.8) is 0 Å². The third-order valence-electron chi connectivity index (χ3n) is 4.15. The highest BCUT2D eigenvalue weighted by Crippen LogP contribution is 2.13. The second kappa shape index (κ2) is 9.12. The number of rotatable bonds is 7. The molecule has 0 aliphatic heterocycles. The zero-order valence-electron chi connectivity index (χ0n) is 14.8. The lowest BCUT2D eigenvalue weighted by molar-refractivity contribution is -0.146. The molecule has 0 fully saturated rings. The molecule has 4 atom stereocenters. The number of aliphatic hydroxyl groups is 2. The summed E-state index contributed by atoms with van der Waals surface area (Å²) < 4.78 is 0. The smallest absolute Gasteiger partial charge is 0.252 e. The molecule has 0 spiro atoms. The van der Waals surface area contributed by atoms with Crippen LogP contribution >= 0.6 is 0 Å². The van der Waals surface area contributed by atoms with E-state index < -0.39 is 24.0 Å². The van der Waals surface area contributed by atoms with Crippen LogP contribution in [0.15, 0.2) is 60.7 Å². The van der Waals surface area contributed by atoms with Crippen LogP contribution in [0.1, 0.15) is 37.1 Å². The summed E-state index contributed by atoms with van der Waals surface area (Å²) in [5.74, 6) is -1.62. The molecular weight excluding hydrogens is 332 g/mol. The molecule has 2 rings (SSSR count). The number of benzene rings is 2. The van der Waals surface area contributed by atoms with Crippen molar-refractivity contribution in [2.45, 2.75) is 38.1 Å². The van der Waals surface area contributed by atoms with Crippen LogP contribution in [0.2, 0.25) is 0 Å². The first-order chi connectivity index (χ1) is 12.4. The fraction of sp³-hybridized carbons (Fsp3) is 0.300. The summed E-state index contributed by atoms with van der Waals surface area (Å²) in [6, 6.07) is 17.7. The van der Waals surface area contributed by atoms with Crippen molar-refractivity contribution < 1.29 is 19.8 Å². The Balaban J connectivity index is 1.91. The van der Waals surface area contributed by atoms with E-state index >= 15 is 0 Å². The van der Waals surface area contributed by atoms with E-state index in [4.69, 9.17) is 0 Å². The van der Waals surface area contributed by atoms with Gasteiger partial charge >= 0.3 is 0 Å². The third-order valence-corrected chi connectivity index (χ3v) is 4.15. The Hall–Kier alpha value is -2.70. The molecule has 0 aliphatic rings. The fourth-order valence-electron chi connectivity index (χ4n) is 2.53. The van der Waals surface area contributed by atoms with Crippen molar-refractivity contribution in [3.05, 3.63) is 71.8 Å². The predicted octanol–water partition coefficient (Wildman–Crippen LogP) is 1.46. The van der Waals surface area contributed by atoms with Gasteiger partial charge in [0.1, 0.15) is 0 Å².